The minimum atomic E-state index is -0.617. The van der Waals surface area contributed by atoms with E-state index in [0.29, 0.717) is 11.8 Å². The summed E-state index contributed by atoms with van der Waals surface area (Å²) in [5.74, 6) is 0.741. The molecule has 0 aromatic rings. The van der Waals surface area contributed by atoms with Gasteiger partial charge in [-0.15, -0.1) is 0 Å². The largest absolute Gasteiger partial charge is 0.462 e. The summed E-state index contributed by atoms with van der Waals surface area (Å²) in [6, 6.07) is 0.219. The zero-order valence-electron chi connectivity index (χ0n) is 14.3. The number of carbonyl (C=O) groups excluding carboxylic acids is 1. The SMILES string of the molecule is CC(C)(C)C(=O)OCC1NC(O)C2CC3C(O)CCC3CC2N1. The van der Waals surface area contributed by atoms with E-state index >= 15 is 0 Å². The molecule has 0 aromatic carbocycles. The number of aliphatic hydroxyl groups excluding tert-OH is 2. The van der Waals surface area contributed by atoms with Gasteiger partial charge in [0.1, 0.15) is 12.8 Å². The first-order chi connectivity index (χ1) is 10.8. The van der Waals surface area contributed by atoms with E-state index in [2.05, 4.69) is 10.6 Å². The van der Waals surface area contributed by atoms with Crippen molar-refractivity contribution in [2.45, 2.75) is 71.0 Å². The van der Waals surface area contributed by atoms with Crippen LogP contribution in [0.15, 0.2) is 0 Å². The first-order valence-corrected chi connectivity index (χ1v) is 8.81. The predicted molar refractivity (Wildman–Crippen MR) is 85.2 cm³/mol. The van der Waals surface area contributed by atoms with Crippen LogP contribution in [0.1, 0.15) is 46.5 Å². The van der Waals surface area contributed by atoms with Crippen molar-refractivity contribution < 1.29 is 19.7 Å². The molecule has 0 spiro atoms. The second-order valence-corrected chi connectivity index (χ2v) is 8.49. The molecule has 23 heavy (non-hydrogen) atoms. The molecule has 1 saturated heterocycles. The highest BCUT2D eigenvalue weighted by Crippen LogP contribution is 2.45. The lowest BCUT2D eigenvalue weighted by Gasteiger charge is -2.47. The zero-order valence-corrected chi connectivity index (χ0v) is 14.3. The van der Waals surface area contributed by atoms with Crippen molar-refractivity contribution in [2.24, 2.45) is 23.2 Å². The molecular formula is C17H30N2O4. The maximum absolute atomic E-state index is 11.9. The number of hydrogen-bond acceptors (Lipinski definition) is 6. The van der Waals surface area contributed by atoms with Gasteiger partial charge in [-0.2, -0.15) is 0 Å². The molecule has 3 rings (SSSR count). The van der Waals surface area contributed by atoms with Crippen LogP contribution in [0.25, 0.3) is 0 Å². The van der Waals surface area contributed by atoms with Crippen molar-refractivity contribution in [3.63, 3.8) is 0 Å². The van der Waals surface area contributed by atoms with Crippen molar-refractivity contribution in [3.8, 4) is 0 Å². The molecule has 4 N–H and O–H groups in total. The van der Waals surface area contributed by atoms with Crippen LogP contribution in [0.5, 0.6) is 0 Å². The number of aliphatic hydroxyl groups is 2. The Labute approximate surface area is 138 Å². The van der Waals surface area contributed by atoms with E-state index in [4.69, 9.17) is 4.74 Å². The van der Waals surface area contributed by atoms with Crippen LogP contribution < -0.4 is 10.6 Å². The van der Waals surface area contributed by atoms with Crippen LogP contribution in [-0.2, 0) is 9.53 Å². The molecule has 2 saturated carbocycles. The monoisotopic (exact) mass is 326 g/mol. The highest BCUT2D eigenvalue weighted by molar-refractivity contribution is 5.75. The molecule has 1 heterocycles. The Hall–Kier alpha value is -0.690. The third-order valence-corrected chi connectivity index (χ3v) is 5.74. The maximum Gasteiger partial charge on any atom is 0.311 e. The quantitative estimate of drug-likeness (QED) is 0.555. The average molecular weight is 326 g/mol. The highest BCUT2D eigenvalue weighted by atomic mass is 16.5. The average Bonchev–Trinajstić information content (AvgIpc) is 2.83. The lowest BCUT2D eigenvalue weighted by Crippen LogP contribution is -2.66. The van der Waals surface area contributed by atoms with Crippen LogP contribution in [0.2, 0.25) is 0 Å². The number of esters is 1. The topological polar surface area (TPSA) is 90.8 Å². The van der Waals surface area contributed by atoms with Gasteiger partial charge in [0.15, 0.2) is 0 Å². The van der Waals surface area contributed by atoms with Gasteiger partial charge >= 0.3 is 5.97 Å². The van der Waals surface area contributed by atoms with Gasteiger partial charge in [-0.05, 0) is 58.3 Å². The van der Waals surface area contributed by atoms with Crippen LogP contribution in [0.3, 0.4) is 0 Å². The summed E-state index contributed by atoms with van der Waals surface area (Å²) < 4.78 is 5.36. The molecule has 7 atom stereocenters. The predicted octanol–water partition coefficient (Wildman–Crippen LogP) is 0.579. The van der Waals surface area contributed by atoms with Crippen molar-refractivity contribution in [1.82, 2.24) is 10.6 Å². The first kappa shape index (κ1) is 17.1. The van der Waals surface area contributed by atoms with Gasteiger partial charge in [0, 0.05) is 12.0 Å². The van der Waals surface area contributed by atoms with Crippen LogP contribution in [0, 0.1) is 23.2 Å². The third-order valence-electron chi connectivity index (χ3n) is 5.74. The fourth-order valence-corrected chi connectivity index (χ4v) is 4.40. The van der Waals surface area contributed by atoms with Gasteiger partial charge in [0.05, 0.1) is 17.7 Å². The fourth-order valence-electron chi connectivity index (χ4n) is 4.40. The molecule has 3 aliphatic rings. The van der Waals surface area contributed by atoms with Gasteiger partial charge in [0.2, 0.25) is 0 Å². The summed E-state index contributed by atoms with van der Waals surface area (Å²) >= 11 is 0. The molecular weight excluding hydrogens is 296 g/mol. The summed E-state index contributed by atoms with van der Waals surface area (Å²) in [6.45, 7) is 5.70. The van der Waals surface area contributed by atoms with Crippen molar-refractivity contribution >= 4 is 5.97 Å². The highest BCUT2D eigenvalue weighted by Gasteiger charge is 2.48. The Morgan fingerprint density at radius 2 is 1.87 bits per heavy atom. The maximum atomic E-state index is 11.9. The Morgan fingerprint density at radius 1 is 1.13 bits per heavy atom. The Bertz CT molecular complexity index is 450. The molecule has 2 aliphatic carbocycles. The van der Waals surface area contributed by atoms with E-state index < -0.39 is 11.6 Å². The van der Waals surface area contributed by atoms with Crippen molar-refractivity contribution in [1.29, 1.82) is 0 Å². The molecule has 6 nitrogen and oxygen atoms in total. The smallest absolute Gasteiger partial charge is 0.311 e. The number of fused-ring (bicyclic) bond motifs is 2. The lowest BCUT2D eigenvalue weighted by molar-refractivity contribution is -0.155. The van der Waals surface area contributed by atoms with Crippen LogP contribution >= 0.6 is 0 Å². The summed E-state index contributed by atoms with van der Waals surface area (Å²) in [5.41, 5.74) is -0.520. The number of nitrogens with one attached hydrogen (secondary N) is 2. The third kappa shape index (κ3) is 3.55. The molecule has 0 radical (unpaired) electrons. The minimum Gasteiger partial charge on any atom is -0.462 e. The number of carbonyl (C=O) groups is 1. The van der Waals surface area contributed by atoms with Gasteiger partial charge in [-0.25, -0.2) is 0 Å². The summed E-state index contributed by atoms with van der Waals surface area (Å²) in [4.78, 5) is 11.9. The van der Waals surface area contributed by atoms with Crippen molar-refractivity contribution in [2.75, 3.05) is 6.61 Å². The minimum absolute atomic E-state index is 0.110. The Kier molecular flexibility index (Phi) is 4.71. The number of hydrogen-bond donors (Lipinski definition) is 4. The van der Waals surface area contributed by atoms with E-state index in [-0.39, 0.29) is 36.8 Å². The van der Waals surface area contributed by atoms with Gasteiger partial charge < -0.3 is 14.9 Å². The fraction of sp³-hybridized carbons (Fsp3) is 0.941. The van der Waals surface area contributed by atoms with E-state index in [1.165, 1.54) is 0 Å². The van der Waals surface area contributed by atoms with E-state index in [1.54, 1.807) is 0 Å². The summed E-state index contributed by atoms with van der Waals surface area (Å²) in [6.07, 6.45) is 2.74. The molecule has 0 amide bonds. The zero-order chi connectivity index (χ0) is 16.8. The lowest BCUT2D eigenvalue weighted by atomic mass is 9.70. The molecule has 3 fully saturated rings. The number of rotatable bonds is 2. The second kappa shape index (κ2) is 6.31. The summed E-state index contributed by atoms with van der Waals surface area (Å²) in [7, 11) is 0. The molecule has 0 aromatic heterocycles. The van der Waals surface area contributed by atoms with E-state index in [9.17, 15) is 15.0 Å². The van der Waals surface area contributed by atoms with Crippen molar-refractivity contribution in [3.05, 3.63) is 0 Å². The standard InChI is InChI=1S/C17H30N2O4/c1-17(2,3)16(22)23-8-14-18-12-6-9-4-5-13(20)10(9)7-11(12)15(21)19-14/h9-15,18-21H,4-8H2,1-3H3. The molecule has 132 valence electrons. The normalized spacial score (nSPS) is 43.6. The van der Waals surface area contributed by atoms with Crippen LogP contribution in [-0.4, -0.2) is 47.3 Å². The molecule has 0 bridgehead atoms. The van der Waals surface area contributed by atoms with Crippen LogP contribution in [0.4, 0.5) is 0 Å². The number of ether oxygens (including phenoxy) is 1. The van der Waals surface area contributed by atoms with E-state index in [1.807, 2.05) is 20.8 Å². The molecule has 1 aliphatic heterocycles. The Balaban J connectivity index is 1.57. The van der Waals surface area contributed by atoms with Gasteiger partial charge in [0.25, 0.3) is 0 Å². The Morgan fingerprint density at radius 3 is 2.57 bits per heavy atom. The van der Waals surface area contributed by atoms with Gasteiger partial charge in [-0.1, -0.05) is 0 Å². The molecule has 7 unspecified atom stereocenters. The van der Waals surface area contributed by atoms with E-state index in [0.717, 1.165) is 25.7 Å². The molecule has 6 heteroatoms. The second-order valence-electron chi connectivity index (χ2n) is 8.49. The van der Waals surface area contributed by atoms with Gasteiger partial charge in [-0.3, -0.25) is 15.4 Å². The summed E-state index contributed by atoms with van der Waals surface area (Å²) in [5, 5.41) is 27.1. The first-order valence-electron chi connectivity index (χ1n) is 8.81.